The van der Waals surface area contributed by atoms with E-state index >= 15 is 0 Å². The Morgan fingerprint density at radius 2 is 0.816 bits per heavy atom. The van der Waals surface area contributed by atoms with Crippen molar-refractivity contribution in [2.24, 2.45) is 0 Å². The SMILES string of the molecule is CCCCCCCC/C=C\CCCCCCCC(=O)OCCCCCCCCCCCCCCCC.[H-].[H-].[K+].[Na+]. The van der Waals surface area contributed by atoms with Crippen molar-refractivity contribution in [3.05, 3.63) is 12.2 Å². The topological polar surface area (TPSA) is 26.3 Å². The van der Waals surface area contributed by atoms with Crippen LogP contribution >= 0.6 is 0 Å². The van der Waals surface area contributed by atoms with Crippen molar-refractivity contribution in [1.82, 2.24) is 0 Å². The van der Waals surface area contributed by atoms with Crippen LogP contribution in [0.15, 0.2) is 12.2 Å². The summed E-state index contributed by atoms with van der Waals surface area (Å²) in [5.41, 5.74) is 0. The Morgan fingerprint density at radius 3 is 1.21 bits per heavy atom. The number of hydrogen-bond donors (Lipinski definition) is 0. The molecule has 4 heteroatoms. The molecule has 0 atom stereocenters. The molecular weight excluding hydrogens is 502 g/mol. The summed E-state index contributed by atoms with van der Waals surface area (Å²) >= 11 is 0. The van der Waals surface area contributed by atoms with Crippen LogP contribution in [0.2, 0.25) is 0 Å². The van der Waals surface area contributed by atoms with Crippen molar-refractivity contribution in [1.29, 1.82) is 0 Å². The Kier molecular flexibility index (Phi) is 47.8. The summed E-state index contributed by atoms with van der Waals surface area (Å²) in [5, 5.41) is 0. The second kappa shape index (κ2) is 41.0. The molecule has 0 unspecified atom stereocenters. The molecule has 0 N–H and O–H groups in total. The monoisotopic (exact) mass is 570 g/mol. The average Bonchev–Trinajstić information content (AvgIpc) is 2.88. The van der Waals surface area contributed by atoms with Crippen LogP contribution in [-0.2, 0) is 9.53 Å². The molecule has 0 aliphatic heterocycles. The molecular formula is C34H68KNaO2. The Balaban J connectivity index is -0.00000102. The molecule has 38 heavy (non-hydrogen) atoms. The summed E-state index contributed by atoms with van der Waals surface area (Å²) in [7, 11) is 0. The summed E-state index contributed by atoms with van der Waals surface area (Å²) in [5.74, 6) is 0.0160. The number of unbranched alkanes of at least 4 members (excludes halogenated alkanes) is 24. The summed E-state index contributed by atoms with van der Waals surface area (Å²) in [6.45, 7) is 5.19. The fourth-order valence-electron chi connectivity index (χ4n) is 4.89. The van der Waals surface area contributed by atoms with Gasteiger partial charge < -0.3 is 7.59 Å². The third kappa shape index (κ3) is 40.0. The summed E-state index contributed by atoms with van der Waals surface area (Å²) in [6.07, 6.45) is 41.2. The zero-order valence-electron chi connectivity index (χ0n) is 29.0. The van der Waals surface area contributed by atoms with Crippen molar-refractivity contribution in [3.63, 3.8) is 0 Å². The predicted molar refractivity (Wildman–Crippen MR) is 163 cm³/mol. The van der Waals surface area contributed by atoms with Gasteiger partial charge in [-0.25, -0.2) is 0 Å². The van der Waals surface area contributed by atoms with Crippen molar-refractivity contribution < 1.29 is 93.3 Å². The van der Waals surface area contributed by atoms with Crippen molar-refractivity contribution in [2.45, 2.75) is 194 Å². The summed E-state index contributed by atoms with van der Waals surface area (Å²) < 4.78 is 5.42. The first kappa shape index (κ1) is 44.3. The van der Waals surface area contributed by atoms with Crippen LogP contribution < -0.4 is 80.9 Å². The molecule has 0 spiro atoms. The van der Waals surface area contributed by atoms with Gasteiger partial charge >= 0.3 is 86.9 Å². The number of hydrogen-bond acceptors (Lipinski definition) is 2. The standard InChI is InChI=1S/C34H66O2.K.Na.2H/c1-3-5-7-9-11-13-15-17-19-20-22-24-26-28-30-32-34(35)36-33-31-29-27-25-23-21-18-16-14-12-10-8-6-4-2;;;;/h17,19H,3-16,18,20-33H2,1-2H3;;;;/q;2*+1;2*-1/b19-17-;;;;. The quantitative estimate of drug-likeness (QED) is 0.0440. The minimum atomic E-state index is 0. The Labute approximate surface area is 308 Å². The molecule has 0 saturated carbocycles. The predicted octanol–water partition coefficient (Wildman–Crippen LogP) is 6.28. The Hall–Kier alpha value is 1.85. The molecule has 0 aromatic rings. The molecule has 0 saturated heterocycles. The van der Waals surface area contributed by atoms with E-state index in [2.05, 4.69) is 26.0 Å². The molecule has 0 aromatic heterocycles. The number of carbonyl (C=O) groups excluding carboxylic acids is 1. The van der Waals surface area contributed by atoms with Crippen LogP contribution in [0.1, 0.15) is 196 Å². The van der Waals surface area contributed by atoms with E-state index in [1.165, 1.54) is 154 Å². The Bertz CT molecular complexity index is 467. The van der Waals surface area contributed by atoms with E-state index < -0.39 is 0 Å². The Morgan fingerprint density at radius 1 is 0.500 bits per heavy atom. The second-order valence-electron chi connectivity index (χ2n) is 11.2. The zero-order valence-corrected chi connectivity index (χ0v) is 32.1. The molecule has 0 fully saturated rings. The van der Waals surface area contributed by atoms with Gasteiger partial charge in [-0.05, 0) is 38.5 Å². The van der Waals surface area contributed by atoms with Crippen LogP contribution in [0.3, 0.4) is 0 Å². The number of rotatable bonds is 30. The van der Waals surface area contributed by atoms with Gasteiger partial charge in [0.25, 0.3) is 0 Å². The van der Waals surface area contributed by atoms with Gasteiger partial charge in [0.05, 0.1) is 6.61 Å². The molecule has 0 rings (SSSR count). The molecule has 0 aliphatic carbocycles. The molecule has 2 nitrogen and oxygen atoms in total. The molecule has 0 aromatic carbocycles. The third-order valence-corrected chi connectivity index (χ3v) is 7.40. The molecule has 0 heterocycles. The second-order valence-corrected chi connectivity index (χ2v) is 11.2. The largest absolute Gasteiger partial charge is 1.00 e. The minimum Gasteiger partial charge on any atom is -1.00 e. The maximum Gasteiger partial charge on any atom is 1.00 e. The fourth-order valence-corrected chi connectivity index (χ4v) is 4.89. The van der Waals surface area contributed by atoms with Gasteiger partial charge in [0.15, 0.2) is 0 Å². The van der Waals surface area contributed by atoms with Gasteiger partial charge in [0, 0.05) is 6.42 Å². The third-order valence-electron chi connectivity index (χ3n) is 7.40. The van der Waals surface area contributed by atoms with E-state index in [-0.39, 0.29) is 89.8 Å². The van der Waals surface area contributed by atoms with Crippen LogP contribution in [0.5, 0.6) is 0 Å². The number of ether oxygens (including phenoxy) is 1. The smallest absolute Gasteiger partial charge is 1.00 e. The van der Waals surface area contributed by atoms with Gasteiger partial charge in [0.1, 0.15) is 0 Å². The van der Waals surface area contributed by atoms with Crippen molar-refractivity contribution in [3.8, 4) is 0 Å². The van der Waals surface area contributed by atoms with E-state index in [4.69, 9.17) is 4.74 Å². The van der Waals surface area contributed by atoms with Crippen LogP contribution in [-0.4, -0.2) is 12.6 Å². The van der Waals surface area contributed by atoms with E-state index in [9.17, 15) is 4.79 Å². The number of allylic oxidation sites excluding steroid dienone is 2. The first-order valence-electron chi connectivity index (χ1n) is 16.6. The fraction of sp³-hybridized carbons (Fsp3) is 0.912. The maximum absolute atomic E-state index is 11.9. The summed E-state index contributed by atoms with van der Waals surface area (Å²) in [6, 6.07) is 0. The molecule has 0 bridgehead atoms. The number of esters is 1. The molecule has 218 valence electrons. The van der Waals surface area contributed by atoms with E-state index in [1.54, 1.807) is 0 Å². The normalized spacial score (nSPS) is 10.9. The number of carbonyl (C=O) groups is 1. The first-order chi connectivity index (χ1) is 17.8. The summed E-state index contributed by atoms with van der Waals surface area (Å²) in [4.78, 5) is 11.9. The van der Waals surface area contributed by atoms with E-state index in [1.807, 2.05) is 0 Å². The van der Waals surface area contributed by atoms with E-state index in [0.717, 1.165) is 19.3 Å². The van der Waals surface area contributed by atoms with Gasteiger partial charge in [-0.1, -0.05) is 161 Å². The molecule has 0 aliphatic rings. The van der Waals surface area contributed by atoms with Gasteiger partial charge in [-0.2, -0.15) is 0 Å². The maximum atomic E-state index is 11.9. The zero-order chi connectivity index (χ0) is 26.2. The average molecular weight is 571 g/mol. The van der Waals surface area contributed by atoms with Gasteiger partial charge in [-0.3, -0.25) is 4.79 Å². The van der Waals surface area contributed by atoms with Crippen LogP contribution in [0.4, 0.5) is 0 Å². The van der Waals surface area contributed by atoms with Gasteiger partial charge in [0.2, 0.25) is 0 Å². The van der Waals surface area contributed by atoms with Crippen LogP contribution in [0, 0.1) is 0 Å². The first-order valence-corrected chi connectivity index (χ1v) is 16.6. The minimum absolute atomic E-state index is 0. The van der Waals surface area contributed by atoms with E-state index in [0.29, 0.717) is 13.0 Å². The van der Waals surface area contributed by atoms with Crippen LogP contribution in [0.25, 0.3) is 0 Å². The van der Waals surface area contributed by atoms with Gasteiger partial charge in [-0.15, -0.1) is 0 Å². The molecule has 0 radical (unpaired) electrons. The van der Waals surface area contributed by atoms with Crippen molar-refractivity contribution in [2.75, 3.05) is 6.61 Å². The molecule has 0 amide bonds. The van der Waals surface area contributed by atoms with Crippen molar-refractivity contribution >= 4 is 5.97 Å².